The first-order valence-corrected chi connectivity index (χ1v) is 7.12. The number of aliphatic hydroxyl groups is 2. The molecule has 1 aromatic heterocycles. The van der Waals surface area contributed by atoms with Crippen LogP contribution in [0.3, 0.4) is 0 Å². The predicted molar refractivity (Wildman–Crippen MR) is 79.4 cm³/mol. The predicted octanol–water partition coefficient (Wildman–Crippen LogP) is 1.72. The van der Waals surface area contributed by atoms with Crippen molar-refractivity contribution in [3.8, 4) is 0 Å². The van der Waals surface area contributed by atoms with E-state index < -0.39 is 6.10 Å². The van der Waals surface area contributed by atoms with E-state index in [4.69, 9.17) is 9.52 Å². The Labute approximate surface area is 125 Å². The first kappa shape index (κ1) is 15.7. The summed E-state index contributed by atoms with van der Waals surface area (Å²) < 4.78 is 6.38. The van der Waals surface area contributed by atoms with Gasteiger partial charge >= 0.3 is 0 Å². The fourth-order valence-corrected chi connectivity index (χ4v) is 2.30. The van der Waals surface area contributed by atoms with E-state index in [1.54, 1.807) is 6.20 Å². The Balaban J connectivity index is 2.04. The average molecular weight is 291 g/mol. The van der Waals surface area contributed by atoms with Crippen LogP contribution in [-0.2, 0) is 6.54 Å². The second kappa shape index (κ2) is 6.85. The topological polar surface area (TPSA) is 66.5 Å². The van der Waals surface area contributed by atoms with Gasteiger partial charge in [-0.1, -0.05) is 30.3 Å². The molecule has 0 radical (unpaired) electrons. The molecule has 1 aromatic carbocycles. The summed E-state index contributed by atoms with van der Waals surface area (Å²) in [6.45, 7) is 1.72. The molecule has 2 N–H and O–H groups in total. The van der Waals surface area contributed by atoms with Crippen LogP contribution in [0.2, 0.25) is 0 Å². The second-order valence-corrected chi connectivity index (χ2v) is 5.87. The van der Waals surface area contributed by atoms with E-state index in [-0.39, 0.29) is 6.61 Å². The summed E-state index contributed by atoms with van der Waals surface area (Å²) in [5.74, 6) is 1.06. The molecule has 1 heterocycles. The van der Waals surface area contributed by atoms with Crippen LogP contribution in [0.1, 0.15) is 29.7 Å². The Morgan fingerprint density at radius 2 is 1.95 bits per heavy atom. The quantitative estimate of drug-likeness (QED) is 0.762. The van der Waals surface area contributed by atoms with Crippen molar-refractivity contribution in [2.45, 2.75) is 19.1 Å². The molecule has 5 nitrogen and oxygen atoms in total. The SMILES string of the molecule is C[N+](C)(CCCO)Cc1cnc([C@@H](O)c2ccccc2)o1. The number of hydrogen-bond donors (Lipinski definition) is 2. The molecule has 1 atom stereocenters. The molecule has 0 bridgehead atoms. The number of quaternary nitrogens is 1. The third-order valence-corrected chi connectivity index (χ3v) is 3.43. The zero-order chi connectivity index (χ0) is 15.3. The summed E-state index contributed by atoms with van der Waals surface area (Å²) in [5, 5.41) is 19.2. The largest absolute Gasteiger partial charge is 0.437 e. The second-order valence-electron chi connectivity index (χ2n) is 5.87. The van der Waals surface area contributed by atoms with Crippen molar-refractivity contribution in [2.75, 3.05) is 27.2 Å². The van der Waals surface area contributed by atoms with Crippen LogP contribution in [0.15, 0.2) is 40.9 Å². The molecular formula is C16H23N2O3+. The Morgan fingerprint density at radius 1 is 1.24 bits per heavy atom. The van der Waals surface area contributed by atoms with Crippen LogP contribution in [0, 0.1) is 0 Å². The minimum absolute atomic E-state index is 0.191. The molecule has 21 heavy (non-hydrogen) atoms. The smallest absolute Gasteiger partial charge is 0.228 e. The van der Waals surface area contributed by atoms with Crippen LogP contribution in [0.4, 0.5) is 0 Å². The molecule has 0 saturated carbocycles. The summed E-state index contributed by atoms with van der Waals surface area (Å²) in [6.07, 6.45) is 1.58. The first-order chi connectivity index (χ1) is 10.0. The van der Waals surface area contributed by atoms with Gasteiger partial charge in [-0.15, -0.1) is 0 Å². The van der Waals surface area contributed by atoms with Gasteiger partial charge in [-0.25, -0.2) is 4.98 Å². The number of benzene rings is 1. The lowest BCUT2D eigenvalue weighted by Crippen LogP contribution is -2.39. The third kappa shape index (κ3) is 4.39. The molecule has 0 aliphatic heterocycles. The van der Waals surface area contributed by atoms with E-state index in [1.807, 2.05) is 30.3 Å². The molecule has 0 saturated heterocycles. The Morgan fingerprint density at radius 3 is 2.62 bits per heavy atom. The van der Waals surface area contributed by atoms with Gasteiger partial charge in [0, 0.05) is 13.0 Å². The normalized spacial score (nSPS) is 13.3. The molecule has 114 valence electrons. The van der Waals surface area contributed by atoms with E-state index in [0.717, 1.165) is 24.3 Å². The lowest BCUT2D eigenvalue weighted by Gasteiger charge is -2.28. The van der Waals surface area contributed by atoms with Crippen molar-refractivity contribution in [3.05, 3.63) is 53.7 Å². The van der Waals surface area contributed by atoms with Gasteiger partial charge in [0.1, 0.15) is 6.54 Å². The van der Waals surface area contributed by atoms with Crippen LogP contribution < -0.4 is 0 Å². The van der Waals surface area contributed by atoms with Gasteiger partial charge < -0.3 is 19.1 Å². The van der Waals surface area contributed by atoms with E-state index >= 15 is 0 Å². The van der Waals surface area contributed by atoms with Crippen LogP contribution >= 0.6 is 0 Å². The summed E-state index contributed by atoms with van der Waals surface area (Å²) >= 11 is 0. The minimum Gasteiger partial charge on any atom is -0.437 e. The van der Waals surface area contributed by atoms with Crippen LogP contribution in [0.25, 0.3) is 0 Å². The number of aliphatic hydroxyl groups excluding tert-OH is 2. The van der Waals surface area contributed by atoms with Gasteiger partial charge in [-0.05, 0) is 5.56 Å². The Kier molecular flexibility index (Phi) is 5.12. The lowest BCUT2D eigenvalue weighted by molar-refractivity contribution is -0.904. The van der Waals surface area contributed by atoms with Crippen molar-refractivity contribution < 1.29 is 19.1 Å². The van der Waals surface area contributed by atoms with Crippen molar-refractivity contribution in [3.63, 3.8) is 0 Å². The van der Waals surface area contributed by atoms with Gasteiger partial charge in [0.15, 0.2) is 11.9 Å². The number of rotatable bonds is 7. The Bertz CT molecular complexity index is 552. The number of oxazole rings is 1. The lowest BCUT2D eigenvalue weighted by atomic mass is 10.1. The van der Waals surface area contributed by atoms with E-state index in [1.165, 1.54) is 0 Å². The third-order valence-electron chi connectivity index (χ3n) is 3.43. The fourth-order valence-electron chi connectivity index (χ4n) is 2.30. The maximum atomic E-state index is 10.3. The molecule has 0 aliphatic carbocycles. The molecule has 2 rings (SSSR count). The zero-order valence-corrected chi connectivity index (χ0v) is 12.6. The number of nitrogens with zero attached hydrogens (tertiary/aromatic N) is 2. The van der Waals surface area contributed by atoms with Crippen molar-refractivity contribution >= 4 is 0 Å². The highest BCUT2D eigenvalue weighted by Gasteiger charge is 2.21. The Hall–Kier alpha value is -1.69. The van der Waals surface area contributed by atoms with E-state index in [0.29, 0.717) is 16.9 Å². The van der Waals surface area contributed by atoms with Crippen LogP contribution in [0.5, 0.6) is 0 Å². The maximum Gasteiger partial charge on any atom is 0.228 e. The van der Waals surface area contributed by atoms with Gasteiger partial charge in [-0.2, -0.15) is 0 Å². The number of aromatic nitrogens is 1. The van der Waals surface area contributed by atoms with Crippen molar-refractivity contribution in [1.82, 2.24) is 4.98 Å². The fraction of sp³-hybridized carbons (Fsp3) is 0.438. The highest BCUT2D eigenvalue weighted by molar-refractivity contribution is 5.21. The van der Waals surface area contributed by atoms with Gasteiger partial charge in [-0.3, -0.25) is 0 Å². The molecule has 0 spiro atoms. The summed E-state index contributed by atoms with van der Waals surface area (Å²) in [6, 6.07) is 9.33. The van der Waals surface area contributed by atoms with Crippen molar-refractivity contribution in [2.24, 2.45) is 0 Å². The summed E-state index contributed by atoms with van der Waals surface area (Å²) in [7, 11) is 4.15. The standard InChI is InChI=1S/C16H23N2O3/c1-18(2,9-6-10-19)12-14-11-17-16(21-14)15(20)13-7-4-3-5-8-13/h3-5,7-8,11,15,19-20H,6,9-10,12H2,1-2H3/q+1/t15-/m0/s1. The minimum atomic E-state index is -0.840. The molecule has 0 amide bonds. The highest BCUT2D eigenvalue weighted by atomic mass is 16.4. The highest BCUT2D eigenvalue weighted by Crippen LogP contribution is 2.22. The molecule has 0 aliphatic rings. The summed E-state index contributed by atoms with van der Waals surface area (Å²) in [5.41, 5.74) is 0.764. The maximum absolute atomic E-state index is 10.3. The first-order valence-electron chi connectivity index (χ1n) is 7.12. The molecular weight excluding hydrogens is 268 g/mol. The van der Waals surface area contributed by atoms with Gasteiger partial charge in [0.25, 0.3) is 0 Å². The average Bonchev–Trinajstić information content (AvgIpc) is 2.93. The summed E-state index contributed by atoms with van der Waals surface area (Å²) in [4.78, 5) is 4.18. The van der Waals surface area contributed by atoms with Crippen LogP contribution in [-0.4, -0.2) is 46.9 Å². The van der Waals surface area contributed by atoms with Crippen molar-refractivity contribution in [1.29, 1.82) is 0 Å². The zero-order valence-electron chi connectivity index (χ0n) is 12.6. The number of hydrogen-bond acceptors (Lipinski definition) is 4. The molecule has 5 heteroatoms. The molecule has 0 fully saturated rings. The van der Waals surface area contributed by atoms with Gasteiger partial charge in [0.05, 0.1) is 26.8 Å². The molecule has 0 unspecified atom stereocenters. The molecule has 2 aromatic rings. The van der Waals surface area contributed by atoms with E-state index in [9.17, 15) is 5.11 Å². The van der Waals surface area contributed by atoms with Gasteiger partial charge in [0.2, 0.25) is 5.89 Å². The monoisotopic (exact) mass is 291 g/mol. The van der Waals surface area contributed by atoms with E-state index in [2.05, 4.69) is 19.1 Å².